The molecule has 2 aromatic rings. The number of thiazole rings is 1. The highest BCUT2D eigenvalue weighted by Crippen LogP contribution is 2.27. The van der Waals surface area contributed by atoms with Crippen LogP contribution in [-0.4, -0.2) is 55.5 Å². The van der Waals surface area contributed by atoms with Gasteiger partial charge in [0.05, 0.1) is 17.2 Å². The molecule has 44 heavy (non-hydrogen) atoms. The number of hydrogen-bond donors (Lipinski definition) is 4. The van der Waals surface area contributed by atoms with Gasteiger partial charge in [0.2, 0.25) is 11.8 Å². The number of nitrogens with one attached hydrogen (secondary N) is 3. The zero-order chi connectivity index (χ0) is 32.3. The van der Waals surface area contributed by atoms with Crippen LogP contribution in [0.3, 0.4) is 0 Å². The number of carbonyl (C=O) groups is 3. The van der Waals surface area contributed by atoms with Crippen molar-refractivity contribution in [3.63, 3.8) is 0 Å². The molecule has 1 aromatic carbocycles. The third-order valence-electron chi connectivity index (χ3n) is 7.70. The maximum absolute atomic E-state index is 13.8. The van der Waals surface area contributed by atoms with E-state index in [1.165, 1.54) is 23.6 Å². The number of aromatic nitrogens is 1. The molecule has 0 saturated heterocycles. The van der Waals surface area contributed by atoms with Crippen LogP contribution in [0.4, 0.5) is 0 Å². The topological polar surface area (TPSA) is 160 Å². The van der Waals surface area contributed by atoms with Gasteiger partial charge in [-0.25, -0.2) is 13.4 Å². The van der Waals surface area contributed by atoms with E-state index in [2.05, 4.69) is 20.9 Å². The summed E-state index contributed by atoms with van der Waals surface area (Å²) in [7, 11) is -3.44. The number of aryl methyl sites for hydroxylation is 1. The lowest BCUT2D eigenvalue weighted by molar-refractivity contribution is -0.130. The number of benzene rings is 1. The van der Waals surface area contributed by atoms with Crippen molar-refractivity contribution in [3.8, 4) is 0 Å². The molecule has 3 amide bonds. The van der Waals surface area contributed by atoms with E-state index in [-0.39, 0.29) is 17.7 Å². The number of rotatable bonds is 15. The normalized spacial score (nSPS) is 16.4. The molecule has 3 rings (SSSR count). The summed E-state index contributed by atoms with van der Waals surface area (Å²) >= 11 is 1.25. The van der Waals surface area contributed by atoms with Crippen LogP contribution in [0.1, 0.15) is 84.6 Å². The Hall–Kier alpha value is -3.09. The fraction of sp³-hybridized carbons (Fsp3) is 0.562. The first-order chi connectivity index (χ1) is 20.8. The maximum atomic E-state index is 13.8. The molecule has 3 unspecified atom stereocenters. The molecule has 1 aromatic heterocycles. The van der Waals surface area contributed by atoms with Gasteiger partial charge in [-0.15, -0.1) is 11.3 Å². The van der Waals surface area contributed by atoms with E-state index >= 15 is 0 Å². The fourth-order valence-corrected chi connectivity index (χ4v) is 6.57. The first-order valence-electron chi connectivity index (χ1n) is 15.3. The lowest BCUT2D eigenvalue weighted by atomic mass is 9.84. The SMILES string of the molecule is Cc1ncc(C(=O)NC(CC(C)C)C(=O)NC(CC2CCCCC2)C(=O)NC(C=CS(C)(=O)=O)Cc2ccc(CN)cc2)s1. The van der Waals surface area contributed by atoms with Crippen molar-refractivity contribution in [3.05, 3.63) is 63.0 Å². The van der Waals surface area contributed by atoms with Crippen molar-refractivity contribution < 1.29 is 22.8 Å². The minimum Gasteiger partial charge on any atom is -0.348 e. The third-order valence-corrected chi connectivity index (χ3v) is 9.26. The van der Waals surface area contributed by atoms with E-state index in [0.717, 1.165) is 59.9 Å². The summed E-state index contributed by atoms with van der Waals surface area (Å²) < 4.78 is 23.9. The van der Waals surface area contributed by atoms with Crippen LogP contribution < -0.4 is 21.7 Å². The van der Waals surface area contributed by atoms with Crippen LogP contribution in [-0.2, 0) is 32.4 Å². The average molecular weight is 646 g/mol. The van der Waals surface area contributed by atoms with Crippen LogP contribution >= 0.6 is 11.3 Å². The van der Waals surface area contributed by atoms with Crippen molar-refractivity contribution in [2.75, 3.05) is 6.26 Å². The fourth-order valence-electron chi connectivity index (χ4n) is 5.41. The molecule has 0 aliphatic heterocycles. The summed E-state index contributed by atoms with van der Waals surface area (Å²) in [4.78, 5) is 45.0. The number of nitrogens with two attached hydrogens (primary N) is 1. The molecule has 1 saturated carbocycles. The second-order valence-corrected chi connectivity index (χ2v) is 15.4. The Morgan fingerprint density at radius 1 is 1.00 bits per heavy atom. The second kappa shape index (κ2) is 16.8. The standard InChI is InChI=1S/C32H47N5O5S2/c1-21(2)16-27(37-32(40)29-20-34-22(3)43-29)31(39)36-28(18-23-8-6-5-7-9-23)30(38)35-26(14-15-44(4,41)42)17-24-10-12-25(19-33)13-11-24/h10-15,20-21,23,26-28H,5-9,16-19,33H2,1-4H3,(H,35,38)(H,36,39)(H,37,40). The molecular weight excluding hydrogens is 599 g/mol. The van der Waals surface area contributed by atoms with Crippen molar-refractivity contribution in [1.82, 2.24) is 20.9 Å². The summed E-state index contributed by atoms with van der Waals surface area (Å²) in [5.74, 6) is -0.817. The monoisotopic (exact) mass is 645 g/mol. The Morgan fingerprint density at radius 2 is 1.64 bits per heavy atom. The quantitative estimate of drug-likeness (QED) is 0.229. The number of carbonyl (C=O) groups excluding carboxylic acids is 3. The Bertz CT molecular complexity index is 1380. The van der Waals surface area contributed by atoms with Crippen LogP contribution in [0, 0.1) is 18.8 Å². The Labute approximate surface area is 265 Å². The van der Waals surface area contributed by atoms with E-state index < -0.39 is 39.8 Å². The van der Waals surface area contributed by atoms with Crippen molar-refractivity contribution >= 4 is 38.9 Å². The van der Waals surface area contributed by atoms with Crippen LogP contribution in [0.15, 0.2) is 41.9 Å². The third kappa shape index (κ3) is 12.1. The van der Waals surface area contributed by atoms with Crippen LogP contribution in [0.25, 0.3) is 0 Å². The molecule has 0 radical (unpaired) electrons. The highest BCUT2D eigenvalue weighted by atomic mass is 32.2. The van der Waals surface area contributed by atoms with Gasteiger partial charge >= 0.3 is 0 Å². The van der Waals surface area contributed by atoms with E-state index in [1.807, 2.05) is 45.0 Å². The van der Waals surface area contributed by atoms with Crippen LogP contribution in [0.2, 0.25) is 0 Å². The van der Waals surface area contributed by atoms with E-state index in [4.69, 9.17) is 5.73 Å². The van der Waals surface area contributed by atoms with Gasteiger partial charge < -0.3 is 21.7 Å². The summed E-state index contributed by atoms with van der Waals surface area (Å²) in [5.41, 5.74) is 7.58. The van der Waals surface area contributed by atoms with E-state index in [9.17, 15) is 22.8 Å². The number of sulfone groups is 1. The number of hydrogen-bond acceptors (Lipinski definition) is 8. The predicted molar refractivity (Wildman–Crippen MR) is 175 cm³/mol. The summed E-state index contributed by atoms with van der Waals surface area (Å²) in [5, 5.41) is 10.6. The lowest BCUT2D eigenvalue weighted by Crippen LogP contribution is -2.55. The average Bonchev–Trinajstić information content (AvgIpc) is 3.41. The van der Waals surface area contributed by atoms with E-state index in [0.29, 0.717) is 30.7 Å². The molecule has 1 aliphatic carbocycles. The van der Waals surface area contributed by atoms with E-state index in [1.54, 1.807) is 0 Å². The maximum Gasteiger partial charge on any atom is 0.263 e. The Balaban J connectivity index is 1.82. The molecule has 1 aliphatic rings. The summed E-state index contributed by atoms with van der Waals surface area (Å²) in [6.45, 7) is 6.14. The Morgan fingerprint density at radius 3 is 2.20 bits per heavy atom. The molecule has 12 heteroatoms. The zero-order valence-corrected chi connectivity index (χ0v) is 27.8. The minimum absolute atomic E-state index is 0.107. The highest BCUT2D eigenvalue weighted by molar-refractivity contribution is 7.93. The molecule has 1 fully saturated rings. The van der Waals surface area contributed by atoms with Gasteiger partial charge in [0.15, 0.2) is 9.84 Å². The second-order valence-electron chi connectivity index (χ2n) is 12.2. The van der Waals surface area contributed by atoms with Gasteiger partial charge in [-0.1, -0.05) is 76.3 Å². The first-order valence-corrected chi connectivity index (χ1v) is 18.1. The molecule has 3 atom stereocenters. The summed E-state index contributed by atoms with van der Waals surface area (Å²) in [6.07, 6.45) is 10.5. The smallest absolute Gasteiger partial charge is 0.263 e. The molecule has 5 N–H and O–H groups in total. The van der Waals surface area contributed by atoms with Crippen molar-refractivity contribution in [1.29, 1.82) is 0 Å². The lowest BCUT2D eigenvalue weighted by Gasteiger charge is -2.29. The molecule has 1 heterocycles. The minimum atomic E-state index is -3.44. The molecule has 10 nitrogen and oxygen atoms in total. The number of nitrogens with zero attached hydrogens (tertiary/aromatic N) is 1. The van der Waals surface area contributed by atoms with Crippen LogP contribution in [0.5, 0.6) is 0 Å². The van der Waals surface area contributed by atoms with Crippen molar-refractivity contribution in [2.24, 2.45) is 17.6 Å². The van der Waals surface area contributed by atoms with Gasteiger partial charge in [0.25, 0.3) is 5.91 Å². The molecular formula is C32H47N5O5S2. The van der Waals surface area contributed by atoms with Gasteiger partial charge in [-0.3, -0.25) is 14.4 Å². The van der Waals surface area contributed by atoms with Gasteiger partial charge in [0, 0.05) is 18.2 Å². The van der Waals surface area contributed by atoms with Gasteiger partial charge in [-0.05, 0) is 49.1 Å². The zero-order valence-electron chi connectivity index (χ0n) is 26.2. The molecule has 242 valence electrons. The largest absolute Gasteiger partial charge is 0.348 e. The number of amides is 3. The predicted octanol–water partition coefficient (Wildman–Crippen LogP) is 3.80. The summed E-state index contributed by atoms with van der Waals surface area (Å²) in [6, 6.07) is 5.29. The highest BCUT2D eigenvalue weighted by Gasteiger charge is 2.31. The Kier molecular flexibility index (Phi) is 13.5. The van der Waals surface area contributed by atoms with Gasteiger partial charge in [0.1, 0.15) is 17.0 Å². The molecule has 0 bridgehead atoms. The molecule has 0 spiro atoms. The van der Waals surface area contributed by atoms with Gasteiger partial charge in [-0.2, -0.15) is 0 Å². The van der Waals surface area contributed by atoms with Crippen molar-refractivity contribution in [2.45, 2.75) is 96.8 Å². The first kappa shape index (κ1) is 35.4.